The quantitative estimate of drug-likeness (QED) is 0.170. The van der Waals surface area contributed by atoms with Crippen molar-refractivity contribution < 1.29 is 9.47 Å². The topological polar surface area (TPSA) is 24.9 Å². The molecule has 2 aliphatic rings. The number of ether oxygens (including phenoxy) is 2. The van der Waals surface area contributed by atoms with Crippen LogP contribution in [0.4, 0.5) is 34.1 Å². The summed E-state index contributed by atoms with van der Waals surface area (Å²) in [6.07, 6.45) is 0. The molecule has 0 saturated heterocycles. The number of hydrogen-bond acceptors (Lipinski definition) is 4. The molecule has 49 heavy (non-hydrogen) atoms. The molecule has 0 unspecified atom stereocenters. The Balaban J connectivity index is 0.00000171. The summed E-state index contributed by atoms with van der Waals surface area (Å²) in [6, 6.07) is 61.1. The maximum atomic E-state index is 6.66. The predicted molar refractivity (Wildman–Crippen MR) is 205 cm³/mol. The second kappa shape index (κ2) is 13.1. The van der Waals surface area contributed by atoms with Crippen LogP contribution in [0.1, 0.15) is 13.8 Å². The van der Waals surface area contributed by atoms with Gasteiger partial charge >= 0.3 is 0 Å². The number of rotatable bonds is 6. The summed E-state index contributed by atoms with van der Waals surface area (Å²) in [5.74, 6) is 3.35. The summed E-state index contributed by atoms with van der Waals surface area (Å²) in [7, 11) is 0. The number of anilines is 6. The van der Waals surface area contributed by atoms with E-state index in [9.17, 15) is 0 Å². The standard InChI is InChI=1S/C42H29BN2O2.C2H6/c1-5-14-30(15-6-1)44(31-16-7-2-8-17-31)34-24-26-36-40(28-34)46-38-22-13-23-39-42(38)43(36)37-27-25-35(29-41(37)47-39)45(32-18-9-3-10-19-32)33-20-11-4-12-21-33;1-2/h1-29H;1-2H3. The molecule has 0 radical (unpaired) electrons. The van der Waals surface area contributed by atoms with Crippen molar-refractivity contribution >= 4 is 57.2 Å². The molecule has 0 fully saturated rings. The third kappa shape index (κ3) is 5.49. The summed E-state index contributed by atoms with van der Waals surface area (Å²) >= 11 is 0. The van der Waals surface area contributed by atoms with Crippen LogP contribution in [-0.4, -0.2) is 6.71 Å². The van der Waals surface area contributed by atoms with E-state index >= 15 is 0 Å². The van der Waals surface area contributed by atoms with Crippen LogP contribution in [0.3, 0.4) is 0 Å². The van der Waals surface area contributed by atoms with Gasteiger partial charge in [0.25, 0.3) is 6.71 Å². The average Bonchev–Trinajstić information content (AvgIpc) is 3.17. The van der Waals surface area contributed by atoms with Gasteiger partial charge in [-0.3, -0.25) is 0 Å². The fourth-order valence-corrected chi connectivity index (χ4v) is 6.88. The minimum atomic E-state index is -0.0272. The summed E-state index contributed by atoms with van der Waals surface area (Å²) in [6.45, 7) is 3.97. The highest BCUT2D eigenvalue weighted by atomic mass is 16.5. The van der Waals surface area contributed by atoms with Gasteiger partial charge in [0.15, 0.2) is 0 Å². The van der Waals surface area contributed by atoms with Crippen LogP contribution in [0.15, 0.2) is 176 Å². The van der Waals surface area contributed by atoms with Crippen molar-refractivity contribution in [2.45, 2.75) is 13.8 Å². The van der Waals surface area contributed by atoms with E-state index in [1.54, 1.807) is 0 Å². The van der Waals surface area contributed by atoms with E-state index in [0.29, 0.717) is 0 Å². The lowest BCUT2D eigenvalue weighted by atomic mass is 9.35. The number of benzene rings is 7. The first-order chi connectivity index (χ1) is 24.3. The van der Waals surface area contributed by atoms with E-state index in [4.69, 9.17) is 9.47 Å². The Morgan fingerprint density at radius 2 is 0.694 bits per heavy atom. The van der Waals surface area contributed by atoms with Gasteiger partial charge in [-0.2, -0.15) is 0 Å². The molecular weight excluding hydrogens is 599 g/mol. The van der Waals surface area contributed by atoms with Gasteiger partial charge in [0.2, 0.25) is 0 Å². The third-order valence-electron chi connectivity index (χ3n) is 8.94. The number of fused-ring (bicyclic) bond motifs is 4. The molecule has 0 amide bonds. The fourth-order valence-electron chi connectivity index (χ4n) is 6.88. The van der Waals surface area contributed by atoms with Gasteiger partial charge in [-0.15, -0.1) is 0 Å². The molecule has 5 heteroatoms. The maximum Gasteiger partial charge on any atom is 0.260 e. The molecule has 0 saturated carbocycles. The zero-order valence-corrected chi connectivity index (χ0v) is 27.5. The largest absolute Gasteiger partial charge is 0.458 e. The Labute approximate surface area is 288 Å². The molecule has 4 nitrogen and oxygen atoms in total. The van der Waals surface area contributed by atoms with Gasteiger partial charge in [0, 0.05) is 51.7 Å². The Hall–Kier alpha value is -6.20. The van der Waals surface area contributed by atoms with Crippen molar-refractivity contribution in [2.75, 3.05) is 9.80 Å². The lowest BCUT2D eigenvalue weighted by molar-refractivity contribution is 0.464. The van der Waals surface area contributed by atoms with Gasteiger partial charge in [-0.1, -0.05) is 105 Å². The molecule has 0 atom stereocenters. The summed E-state index contributed by atoms with van der Waals surface area (Å²) in [5, 5.41) is 0. The normalized spacial score (nSPS) is 11.8. The highest BCUT2D eigenvalue weighted by Gasteiger charge is 2.40. The molecule has 7 aromatic carbocycles. The van der Waals surface area contributed by atoms with Gasteiger partial charge < -0.3 is 19.3 Å². The third-order valence-corrected chi connectivity index (χ3v) is 8.94. The smallest absolute Gasteiger partial charge is 0.260 e. The molecule has 0 aliphatic carbocycles. The maximum absolute atomic E-state index is 6.66. The molecule has 0 bridgehead atoms. The predicted octanol–water partition coefficient (Wildman–Crippen LogP) is 10.4. The highest BCUT2D eigenvalue weighted by Crippen LogP contribution is 2.41. The average molecular weight is 635 g/mol. The Bertz CT molecular complexity index is 1980. The Morgan fingerprint density at radius 3 is 1.04 bits per heavy atom. The van der Waals surface area contributed by atoms with Gasteiger partial charge in [-0.25, -0.2) is 0 Å². The van der Waals surface area contributed by atoms with Crippen molar-refractivity contribution in [3.05, 3.63) is 176 Å². The molecular formula is C44H35BN2O2. The zero-order valence-electron chi connectivity index (χ0n) is 27.5. The number of hydrogen-bond donors (Lipinski definition) is 0. The van der Waals surface area contributed by atoms with E-state index in [-0.39, 0.29) is 6.71 Å². The summed E-state index contributed by atoms with van der Waals surface area (Å²) in [4.78, 5) is 4.53. The lowest BCUT2D eigenvalue weighted by Crippen LogP contribution is -2.57. The van der Waals surface area contributed by atoms with Gasteiger partial charge in [-0.05, 0) is 83.7 Å². The van der Waals surface area contributed by atoms with E-state index in [0.717, 1.165) is 73.5 Å². The van der Waals surface area contributed by atoms with Crippen LogP contribution in [-0.2, 0) is 0 Å². The van der Waals surface area contributed by atoms with E-state index in [2.05, 4.69) is 143 Å². The summed E-state index contributed by atoms with van der Waals surface area (Å²) in [5.41, 5.74) is 9.72. The molecule has 2 heterocycles. The van der Waals surface area contributed by atoms with E-state index in [1.807, 2.05) is 56.3 Å². The SMILES string of the molecule is CC.c1ccc(N(c2ccccc2)c2ccc3c(c2)Oc2cccc4c2B3c2ccc(N(c3ccccc3)c3ccccc3)cc2O4)cc1. The highest BCUT2D eigenvalue weighted by molar-refractivity contribution is 6.98. The molecule has 9 rings (SSSR count). The van der Waals surface area contributed by atoms with Gasteiger partial charge in [0.1, 0.15) is 23.0 Å². The second-order valence-electron chi connectivity index (χ2n) is 11.8. The van der Waals surface area contributed by atoms with E-state index in [1.165, 1.54) is 0 Å². The van der Waals surface area contributed by atoms with Crippen molar-refractivity contribution in [1.29, 1.82) is 0 Å². The minimum absolute atomic E-state index is 0.0272. The van der Waals surface area contributed by atoms with Crippen molar-refractivity contribution in [3.8, 4) is 23.0 Å². The summed E-state index contributed by atoms with van der Waals surface area (Å²) < 4.78 is 13.3. The molecule has 0 N–H and O–H groups in total. The lowest BCUT2D eigenvalue weighted by Gasteiger charge is -2.34. The van der Waals surface area contributed by atoms with Crippen molar-refractivity contribution in [2.24, 2.45) is 0 Å². The van der Waals surface area contributed by atoms with Crippen LogP contribution in [0, 0.1) is 0 Å². The molecule has 7 aromatic rings. The minimum Gasteiger partial charge on any atom is -0.458 e. The van der Waals surface area contributed by atoms with Crippen molar-refractivity contribution in [1.82, 2.24) is 0 Å². The Kier molecular flexibility index (Phi) is 8.08. The van der Waals surface area contributed by atoms with Crippen LogP contribution >= 0.6 is 0 Å². The molecule has 0 spiro atoms. The first-order valence-corrected chi connectivity index (χ1v) is 16.9. The number of nitrogens with zero attached hydrogens (tertiary/aromatic N) is 2. The van der Waals surface area contributed by atoms with Crippen molar-refractivity contribution in [3.63, 3.8) is 0 Å². The fraction of sp³-hybridized carbons (Fsp3) is 0.0455. The van der Waals surface area contributed by atoms with Crippen LogP contribution in [0.5, 0.6) is 23.0 Å². The van der Waals surface area contributed by atoms with Gasteiger partial charge in [0.05, 0.1) is 0 Å². The van der Waals surface area contributed by atoms with Crippen LogP contribution in [0.25, 0.3) is 0 Å². The first-order valence-electron chi connectivity index (χ1n) is 16.9. The first kappa shape index (κ1) is 30.2. The Morgan fingerprint density at radius 1 is 0.347 bits per heavy atom. The van der Waals surface area contributed by atoms with E-state index < -0.39 is 0 Å². The number of para-hydroxylation sites is 4. The second-order valence-corrected chi connectivity index (χ2v) is 11.8. The molecule has 2 aliphatic heterocycles. The monoisotopic (exact) mass is 634 g/mol. The molecule has 0 aromatic heterocycles. The zero-order chi connectivity index (χ0) is 33.2. The van der Waals surface area contributed by atoms with Crippen LogP contribution in [0.2, 0.25) is 0 Å². The van der Waals surface area contributed by atoms with Crippen LogP contribution < -0.4 is 35.7 Å². The molecule has 236 valence electrons.